The molecule has 3 rings (SSSR count). The second kappa shape index (κ2) is 14.0. The summed E-state index contributed by atoms with van der Waals surface area (Å²) in [6.07, 6.45) is 1.73. The number of halogens is 2. The predicted octanol–water partition coefficient (Wildman–Crippen LogP) is 5.94. The van der Waals surface area contributed by atoms with E-state index in [0.29, 0.717) is 6.54 Å². The van der Waals surface area contributed by atoms with Crippen LogP contribution in [0.1, 0.15) is 37.8 Å². The molecule has 0 bridgehead atoms. The first kappa shape index (κ1) is 30.7. The SMILES string of the molecule is CCCCNC(=O)[C@H](C)N(Cc1cccc(Br)c1)C(=O)CN(c1ccccc1Cl)S(=O)(=O)c1ccc(C)cc1. The summed E-state index contributed by atoms with van der Waals surface area (Å²) in [4.78, 5) is 28.4. The highest BCUT2D eigenvalue weighted by atomic mass is 79.9. The van der Waals surface area contributed by atoms with Gasteiger partial charge >= 0.3 is 0 Å². The Bertz CT molecular complexity index is 1400. The predicted molar refractivity (Wildman–Crippen MR) is 159 cm³/mol. The quantitative estimate of drug-likeness (QED) is 0.250. The Morgan fingerprint density at radius 1 is 1.03 bits per heavy atom. The number of benzene rings is 3. The van der Waals surface area contributed by atoms with Crippen molar-refractivity contribution in [2.45, 2.75) is 51.1 Å². The number of hydrogen-bond acceptors (Lipinski definition) is 4. The van der Waals surface area contributed by atoms with E-state index in [4.69, 9.17) is 11.6 Å². The number of hydrogen-bond donors (Lipinski definition) is 1. The number of aryl methyl sites for hydroxylation is 1. The van der Waals surface area contributed by atoms with Crippen molar-refractivity contribution in [1.82, 2.24) is 10.2 Å². The smallest absolute Gasteiger partial charge is 0.264 e. The second-order valence-electron chi connectivity index (χ2n) is 9.25. The number of amides is 2. The third-order valence-corrected chi connectivity index (χ3v) is 8.83. The molecule has 39 heavy (non-hydrogen) atoms. The molecule has 7 nitrogen and oxygen atoms in total. The van der Waals surface area contributed by atoms with Gasteiger partial charge in [0.25, 0.3) is 10.0 Å². The molecule has 0 saturated heterocycles. The van der Waals surface area contributed by atoms with E-state index in [2.05, 4.69) is 21.2 Å². The third-order valence-electron chi connectivity index (χ3n) is 6.25. The lowest BCUT2D eigenvalue weighted by molar-refractivity contribution is -0.139. The lowest BCUT2D eigenvalue weighted by Crippen LogP contribution is -2.51. The standard InChI is InChI=1S/C29H33BrClN3O4S/c1-4-5-17-32-29(36)22(3)33(19-23-9-8-10-24(30)18-23)28(35)20-34(27-12-7-6-11-26(27)31)39(37,38)25-15-13-21(2)14-16-25/h6-16,18,22H,4-5,17,19-20H2,1-3H3,(H,32,36)/t22-/m0/s1. The normalized spacial score (nSPS) is 12.0. The Hall–Kier alpha value is -2.88. The molecule has 0 aliphatic carbocycles. The summed E-state index contributed by atoms with van der Waals surface area (Å²) in [7, 11) is -4.17. The zero-order valence-corrected chi connectivity index (χ0v) is 25.4. The number of unbranched alkanes of at least 4 members (excludes halogenated alkanes) is 1. The maximum atomic E-state index is 13.9. The van der Waals surface area contributed by atoms with Crippen molar-refractivity contribution in [3.8, 4) is 0 Å². The summed E-state index contributed by atoms with van der Waals surface area (Å²) in [5.74, 6) is -0.846. The molecule has 208 valence electrons. The fourth-order valence-corrected chi connectivity index (χ4v) is 6.12. The molecular formula is C29H33BrClN3O4S. The van der Waals surface area contributed by atoms with Gasteiger partial charge in [-0.25, -0.2) is 8.42 Å². The van der Waals surface area contributed by atoms with Crippen molar-refractivity contribution in [1.29, 1.82) is 0 Å². The fourth-order valence-electron chi connectivity index (χ4n) is 3.96. The van der Waals surface area contributed by atoms with Crippen LogP contribution in [0.25, 0.3) is 0 Å². The molecule has 3 aromatic rings. The first-order chi connectivity index (χ1) is 18.5. The van der Waals surface area contributed by atoms with E-state index < -0.39 is 28.5 Å². The first-order valence-electron chi connectivity index (χ1n) is 12.7. The van der Waals surface area contributed by atoms with Crippen LogP contribution in [0.4, 0.5) is 5.69 Å². The maximum Gasteiger partial charge on any atom is 0.264 e. The average Bonchev–Trinajstić information content (AvgIpc) is 2.90. The molecule has 2 amide bonds. The van der Waals surface area contributed by atoms with Crippen molar-refractivity contribution in [3.63, 3.8) is 0 Å². The molecule has 0 spiro atoms. The van der Waals surface area contributed by atoms with Crippen molar-refractivity contribution in [2.24, 2.45) is 0 Å². The number of anilines is 1. The Morgan fingerprint density at radius 3 is 2.36 bits per heavy atom. The average molecular weight is 635 g/mol. The zero-order chi connectivity index (χ0) is 28.6. The van der Waals surface area contributed by atoms with Gasteiger partial charge in [0.05, 0.1) is 15.6 Å². The van der Waals surface area contributed by atoms with E-state index in [1.54, 1.807) is 43.3 Å². The van der Waals surface area contributed by atoms with E-state index in [-0.39, 0.29) is 28.1 Å². The van der Waals surface area contributed by atoms with Crippen LogP contribution in [0.15, 0.2) is 82.2 Å². The van der Waals surface area contributed by atoms with Crippen LogP contribution in [-0.2, 0) is 26.2 Å². The van der Waals surface area contributed by atoms with Gasteiger partial charge in [-0.3, -0.25) is 13.9 Å². The minimum absolute atomic E-state index is 0.0321. The Kier molecular flexibility index (Phi) is 11.0. The van der Waals surface area contributed by atoms with Crippen LogP contribution >= 0.6 is 27.5 Å². The fraction of sp³-hybridized carbons (Fsp3) is 0.310. The summed E-state index contributed by atoms with van der Waals surface area (Å²) in [6.45, 7) is 5.59. The van der Waals surface area contributed by atoms with Gasteiger partial charge in [0, 0.05) is 17.6 Å². The third kappa shape index (κ3) is 8.06. The highest BCUT2D eigenvalue weighted by Crippen LogP contribution is 2.31. The molecule has 0 fully saturated rings. The molecule has 0 aliphatic rings. The van der Waals surface area contributed by atoms with Gasteiger partial charge in [-0.2, -0.15) is 0 Å². The molecule has 0 unspecified atom stereocenters. The van der Waals surface area contributed by atoms with Crippen molar-refractivity contribution in [2.75, 3.05) is 17.4 Å². The van der Waals surface area contributed by atoms with Crippen LogP contribution < -0.4 is 9.62 Å². The van der Waals surface area contributed by atoms with E-state index in [1.807, 2.05) is 38.1 Å². The summed E-state index contributed by atoms with van der Waals surface area (Å²) in [6, 6.07) is 19.4. The number of carbonyl (C=O) groups is 2. The molecule has 1 atom stereocenters. The molecule has 0 saturated carbocycles. The summed E-state index contributed by atoms with van der Waals surface area (Å²) in [5, 5.41) is 3.06. The van der Waals surface area contributed by atoms with Gasteiger partial charge in [-0.05, 0) is 62.2 Å². The lowest BCUT2D eigenvalue weighted by atomic mass is 10.1. The molecule has 0 aliphatic heterocycles. The number of carbonyl (C=O) groups excluding carboxylic acids is 2. The van der Waals surface area contributed by atoms with Crippen molar-refractivity contribution in [3.05, 3.63) is 93.4 Å². The lowest BCUT2D eigenvalue weighted by Gasteiger charge is -2.32. The van der Waals surface area contributed by atoms with Crippen LogP contribution in [0.2, 0.25) is 5.02 Å². The minimum Gasteiger partial charge on any atom is -0.354 e. The number of sulfonamides is 1. The zero-order valence-electron chi connectivity index (χ0n) is 22.2. The Labute approximate surface area is 244 Å². The van der Waals surface area contributed by atoms with Crippen molar-refractivity contribution < 1.29 is 18.0 Å². The molecule has 10 heteroatoms. The highest BCUT2D eigenvalue weighted by molar-refractivity contribution is 9.10. The number of rotatable bonds is 12. The topological polar surface area (TPSA) is 86.8 Å². The van der Waals surface area contributed by atoms with Crippen LogP contribution in [0.3, 0.4) is 0 Å². The second-order valence-corrected chi connectivity index (χ2v) is 12.4. The summed E-state index contributed by atoms with van der Waals surface area (Å²) >= 11 is 9.88. The monoisotopic (exact) mass is 633 g/mol. The van der Waals surface area contributed by atoms with Gasteiger partial charge in [0.1, 0.15) is 12.6 Å². The van der Waals surface area contributed by atoms with Crippen LogP contribution in [-0.4, -0.2) is 44.3 Å². The highest BCUT2D eigenvalue weighted by Gasteiger charge is 2.33. The van der Waals surface area contributed by atoms with Gasteiger partial charge in [-0.15, -0.1) is 0 Å². The van der Waals surface area contributed by atoms with Crippen molar-refractivity contribution >= 4 is 55.1 Å². The van der Waals surface area contributed by atoms with Crippen LogP contribution in [0, 0.1) is 6.92 Å². The number of para-hydroxylation sites is 1. The molecule has 0 radical (unpaired) electrons. The van der Waals surface area contributed by atoms with E-state index in [1.165, 1.54) is 17.0 Å². The summed E-state index contributed by atoms with van der Waals surface area (Å²) < 4.78 is 29.5. The van der Waals surface area contributed by atoms with E-state index in [9.17, 15) is 18.0 Å². The number of nitrogens with zero attached hydrogens (tertiary/aromatic N) is 2. The molecule has 3 aromatic carbocycles. The minimum atomic E-state index is -4.17. The Morgan fingerprint density at radius 2 is 1.72 bits per heavy atom. The Balaban J connectivity index is 2.01. The molecule has 0 heterocycles. The van der Waals surface area contributed by atoms with E-state index >= 15 is 0 Å². The summed E-state index contributed by atoms with van der Waals surface area (Å²) in [5.41, 5.74) is 1.87. The molecular weight excluding hydrogens is 602 g/mol. The van der Waals surface area contributed by atoms with Gasteiger partial charge < -0.3 is 10.2 Å². The maximum absolute atomic E-state index is 13.9. The molecule has 0 aromatic heterocycles. The van der Waals surface area contributed by atoms with Gasteiger partial charge in [0.15, 0.2) is 0 Å². The first-order valence-corrected chi connectivity index (χ1v) is 15.3. The largest absolute Gasteiger partial charge is 0.354 e. The van der Waals surface area contributed by atoms with E-state index in [0.717, 1.165) is 32.7 Å². The number of nitrogens with one attached hydrogen (secondary N) is 1. The molecule has 1 N–H and O–H groups in total. The van der Waals surface area contributed by atoms with Crippen LogP contribution in [0.5, 0.6) is 0 Å². The van der Waals surface area contributed by atoms with Gasteiger partial charge in [-0.1, -0.05) is 82.8 Å². The van der Waals surface area contributed by atoms with Gasteiger partial charge in [0.2, 0.25) is 11.8 Å².